The fourth-order valence-corrected chi connectivity index (χ4v) is 3.13. The molecule has 0 spiro atoms. The molecule has 2 aromatic rings. The third-order valence-electron chi connectivity index (χ3n) is 2.02. The molecule has 0 amide bonds. The molecule has 74 valence electrons. The number of benzene rings is 1. The number of rotatable bonds is 1. The van der Waals surface area contributed by atoms with Crippen LogP contribution in [0.25, 0.3) is 10.1 Å². The fraction of sp³-hybridized carbons (Fsp3) is 0.111. The second kappa shape index (κ2) is 3.22. The van der Waals surface area contributed by atoms with Crippen molar-refractivity contribution < 1.29 is 8.42 Å². The molecule has 0 atom stereocenters. The SMILES string of the molecule is Cc1csc2cc(S(=O)(=O)Cl)ccc12. The molecule has 14 heavy (non-hydrogen) atoms. The van der Waals surface area contributed by atoms with E-state index >= 15 is 0 Å². The van der Waals surface area contributed by atoms with Crippen molar-refractivity contribution in [3.63, 3.8) is 0 Å². The second-order valence-corrected chi connectivity index (χ2v) is 6.49. The van der Waals surface area contributed by atoms with Crippen molar-refractivity contribution in [1.29, 1.82) is 0 Å². The Morgan fingerprint density at radius 1 is 1.36 bits per heavy atom. The Hall–Kier alpha value is -0.580. The highest BCUT2D eigenvalue weighted by atomic mass is 35.7. The van der Waals surface area contributed by atoms with Gasteiger partial charge in [0.15, 0.2) is 0 Å². The molecular weight excluding hydrogens is 240 g/mol. The zero-order valence-electron chi connectivity index (χ0n) is 7.32. The van der Waals surface area contributed by atoms with Crippen LogP contribution in [0.15, 0.2) is 28.5 Å². The highest BCUT2D eigenvalue weighted by molar-refractivity contribution is 8.13. The Bertz CT molecular complexity index is 584. The number of fused-ring (bicyclic) bond motifs is 1. The van der Waals surface area contributed by atoms with E-state index in [1.54, 1.807) is 12.1 Å². The summed E-state index contributed by atoms with van der Waals surface area (Å²) in [6.07, 6.45) is 0. The molecule has 1 aromatic heterocycles. The first-order chi connectivity index (χ1) is 6.48. The van der Waals surface area contributed by atoms with E-state index in [-0.39, 0.29) is 4.90 Å². The van der Waals surface area contributed by atoms with E-state index in [0.29, 0.717) is 0 Å². The van der Waals surface area contributed by atoms with Gasteiger partial charge in [-0.25, -0.2) is 8.42 Å². The van der Waals surface area contributed by atoms with Gasteiger partial charge in [-0.15, -0.1) is 11.3 Å². The lowest BCUT2D eigenvalue weighted by molar-refractivity contribution is 0.609. The monoisotopic (exact) mass is 246 g/mol. The van der Waals surface area contributed by atoms with E-state index in [4.69, 9.17) is 10.7 Å². The maximum Gasteiger partial charge on any atom is 0.261 e. The standard InChI is InChI=1S/C9H7ClO2S2/c1-6-5-13-9-4-7(14(10,11)12)2-3-8(6)9/h2-5H,1H3. The molecule has 0 saturated carbocycles. The van der Waals surface area contributed by atoms with Crippen LogP contribution in [0, 0.1) is 6.92 Å². The Kier molecular flexibility index (Phi) is 2.29. The van der Waals surface area contributed by atoms with Crippen LogP contribution in [-0.2, 0) is 9.05 Å². The average Bonchev–Trinajstić information content (AvgIpc) is 2.46. The molecular formula is C9H7ClO2S2. The molecule has 0 unspecified atom stereocenters. The van der Waals surface area contributed by atoms with Crippen LogP contribution < -0.4 is 0 Å². The van der Waals surface area contributed by atoms with Crippen LogP contribution in [0.1, 0.15) is 5.56 Å². The quantitative estimate of drug-likeness (QED) is 0.725. The topological polar surface area (TPSA) is 34.1 Å². The van der Waals surface area contributed by atoms with Gasteiger partial charge in [-0.2, -0.15) is 0 Å². The van der Waals surface area contributed by atoms with Crippen molar-refractivity contribution in [2.24, 2.45) is 0 Å². The highest BCUT2D eigenvalue weighted by Gasteiger charge is 2.11. The van der Waals surface area contributed by atoms with Gasteiger partial charge in [-0.05, 0) is 35.4 Å². The second-order valence-electron chi connectivity index (χ2n) is 3.01. The van der Waals surface area contributed by atoms with E-state index < -0.39 is 9.05 Å². The summed E-state index contributed by atoms with van der Waals surface area (Å²) >= 11 is 1.52. The molecule has 0 aliphatic carbocycles. The highest BCUT2D eigenvalue weighted by Crippen LogP contribution is 2.28. The molecule has 0 aliphatic rings. The van der Waals surface area contributed by atoms with Gasteiger partial charge in [0.05, 0.1) is 4.90 Å². The van der Waals surface area contributed by atoms with Crippen LogP contribution in [-0.4, -0.2) is 8.42 Å². The number of hydrogen-bond acceptors (Lipinski definition) is 3. The van der Waals surface area contributed by atoms with Crippen molar-refractivity contribution in [3.8, 4) is 0 Å². The lowest BCUT2D eigenvalue weighted by Gasteiger charge is -1.96. The number of hydrogen-bond donors (Lipinski definition) is 0. The summed E-state index contributed by atoms with van der Waals surface area (Å²) in [7, 11) is 1.64. The van der Waals surface area contributed by atoms with Gasteiger partial charge >= 0.3 is 0 Å². The summed E-state index contributed by atoms with van der Waals surface area (Å²) in [5.41, 5.74) is 1.16. The predicted octanol–water partition coefficient (Wildman–Crippen LogP) is 3.14. The zero-order valence-corrected chi connectivity index (χ0v) is 9.71. The minimum atomic E-state index is -3.61. The van der Waals surface area contributed by atoms with E-state index in [2.05, 4.69) is 0 Å². The van der Waals surface area contributed by atoms with Gasteiger partial charge in [-0.1, -0.05) is 6.07 Å². The molecule has 0 fully saturated rings. The first kappa shape index (κ1) is 9.96. The third-order valence-corrected chi connectivity index (χ3v) is 4.44. The lowest BCUT2D eigenvalue weighted by Crippen LogP contribution is -1.88. The number of thiophene rings is 1. The summed E-state index contributed by atoms with van der Waals surface area (Å²) in [5, 5.41) is 3.08. The Labute approximate surface area is 90.6 Å². The predicted molar refractivity (Wildman–Crippen MR) is 59.6 cm³/mol. The smallest absolute Gasteiger partial charge is 0.207 e. The van der Waals surface area contributed by atoms with Gasteiger partial charge in [0.25, 0.3) is 9.05 Å². The Morgan fingerprint density at radius 3 is 2.71 bits per heavy atom. The average molecular weight is 247 g/mol. The van der Waals surface area contributed by atoms with Crippen LogP contribution >= 0.6 is 22.0 Å². The number of halogens is 1. The first-order valence-electron chi connectivity index (χ1n) is 3.91. The maximum atomic E-state index is 11.1. The van der Waals surface area contributed by atoms with E-state index in [1.165, 1.54) is 17.4 Å². The zero-order chi connectivity index (χ0) is 10.3. The molecule has 5 heteroatoms. The van der Waals surface area contributed by atoms with Gasteiger partial charge in [0.2, 0.25) is 0 Å². The van der Waals surface area contributed by atoms with Crippen LogP contribution in [0.2, 0.25) is 0 Å². The van der Waals surface area contributed by atoms with Gasteiger partial charge in [0.1, 0.15) is 0 Å². The first-order valence-corrected chi connectivity index (χ1v) is 7.10. The van der Waals surface area contributed by atoms with E-state index in [9.17, 15) is 8.42 Å². The van der Waals surface area contributed by atoms with Crippen molar-refractivity contribution in [2.45, 2.75) is 11.8 Å². The van der Waals surface area contributed by atoms with Crippen LogP contribution in [0.3, 0.4) is 0 Å². The van der Waals surface area contributed by atoms with Crippen molar-refractivity contribution >= 4 is 41.2 Å². The van der Waals surface area contributed by atoms with Gasteiger partial charge < -0.3 is 0 Å². The molecule has 1 heterocycles. The van der Waals surface area contributed by atoms with Crippen LogP contribution in [0.5, 0.6) is 0 Å². The Balaban J connectivity index is 2.76. The normalized spacial score (nSPS) is 12.1. The molecule has 2 nitrogen and oxygen atoms in total. The summed E-state index contributed by atoms with van der Waals surface area (Å²) in [5.74, 6) is 0. The fourth-order valence-electron chi connectivity index (χ4n) is 1.29. The number of aryl methyl sites for hydroxylation is 1. The summed E-state index contributed by atoms with van der Waals surface area (Å²) in [4.78, 5) is 0.161. The molecule has 0 bridgehead atoms. The molecule has 0 saturated heterocycles. The largest absolute Gasteiger partial charge is 0.261 e. The summed E-state index contributed by atoms with van der Waals surface area (Å²) < 4.78 is 23.1. The maximum absolute atomic E-state index is 11.1. The summed E-state index contributed by atoms with van der Waals surface area (Å²) in [6.45, 7) is 1.99. The molecule has 0 radical (unpaired) electrons. The minimum Gasteiger partial charge on any atom is -0.207 e. The minimum absolute atomic E-state index is 0.161. The van der Waals surface area contributed by atoms with Crippen molar-refractivity contribution in [2.75, 3.05) is 0 Å². The van der Waals surface area contributed by atoms with Gasteiger partial charge in [-0.3, -0.25) is 0 Å². The van der Waals surface area contributed by atoms with E-state index in [1.807, 2.05) is 12.3 Å². The van der Waals surface area contributed by atoms with Gasteiger partial charge in [0, 0.05) is 15.4 Å². The lowest BCUT2D eigenvalue weighted by atomic mass is 10.2. The van der Waals surface area contributed by atoms with Crippen molar-refractivity contribution in [3.05, 3.63) is 29.1 Å². The molecule has 0 aliphatic heterocycles. The third kappa shape index (κ3) is 1.65. The van der Waals surface area contributed by atoms with E-state index in [0.717, 1.165) is 15.6 Å². The Morgan fingerprint density at radius 2 is 2.07 bits per heavy atom. The molecule has 2 rings (SSSR count). The molecule has 0 N–H and O–H groups in total. The molecule has 1 aromatic carbocycles. The summed E-state index contributed by atoms with van der Waals surface area (Å²) in [6, 6.07) is 4.93. The van der Waals surface area contributed by atoms with Crippen LogP contribution in [0.4, 0.5) is 0 Å². The van der Waals surface area contributed by atoms with Crippen molar-refractivity contribution in [1.82, 2.24) is 0 Å².